The van der Waals surface area contributed by atoms with E-state index in [1.54, 1.807) is 12.1 Å². The van der Waals surface area contributed by atoms with Crippen molar-refractivity contribution in [2.75, 3.05) is 18.4 Å². The first-order valence-corrected chi connectivity index (χ1v) is 7.88. The fourth-order valence-corrected chi connectivity index (χ4v) is 2.43. The van der Waals surface area contributed by atoms with Crippen LogP contribution in [0.4, 0.5) is 5.69 Å². The summed E-state index contributed by atoms with van der Waals surface area (Å²) in [6.07, 6.45) is 0. The summed E-state index contributed by atoms with van der Waals surface area (Å²) in [5.41, 5.74) is 2.55. The molecule has 2 rings (SSSR count). The highest BCUT2D eigenvalue weighted by atomic mass is 35.5. The quantitative estimate of drug-likeness (QED) is 0.854. The smallest absolute Gasteiger partial charge is 0.255 e. The Labute approximate surface area is 136 Å². The largest absolute Gasteiger partial charge is 0.322 e. The van der Waals surface area contributed by atoms with Gasteiger partial charge in [-0.05, 0) is 49.0 Å². The number of carbonyl (C=O) groups is 1. The van der Waals surface area contributed by atoms with Crippen LogP contribution in [-0.2, 0) is 6.54 Å². The molecular formula is C18H21ClN2O. The van der Waals surface area contributed by atoms with E-state index in [1.165, 1.54) is 5.56 Å². The summed E-state index contributed by atoms with van der Waals surface area (Å²) >= 11 is 5.92. The SMILES string of the molecule is CCN(CC)Cc1ccc(C(=O)Nc2cccc(Cl)c2)cc1. The Kier molecular flexibility index (Phi) is 5.99. The fraction of sp³-hybridized carbons (Fsp3) is 0.278. The molecule has 1 amide bonds. The third-order valence-corrected chi connectivity index (χ3v) is 3.83. The van der Waals surface area contributed by atoms with Crippen molar-refractivity contribution >= 4 is 23.2 Å². The van der Waals surface area contributed by atoms with Crippen LogP contribution in [0, 0.1) is 0 Å². The summed E-state index contributed by atoms with van der Waals surface area (Å²) in [5.74, 6) is -0.128. The second-order valence-corrected chi connectivity index (χ2v) is 5.56. The maximum absolute atomic E-state index is 12.2. The summed E-state index contributed by atoms with van der Waals surface area (Å²) in [6.45, 7) is 7.25. The molecule has 1 N–H and O–H groups in total. The number of hydrogen-bond donors (Lipinski definition) is 1. The van der Waals surface area contributed by atoms with Gasteiger partial charge in [-0.1, -0.05) is 43.6 Å². The first kappa shape index (κ1) is 16.5. The molecule has 2 aromatic carbocycles. The number of nitrogens with zero attached hydrogens (tertiary/aromatic N) is 1. The monoisotopic (exact) mass is 316 g/mol. The summed E-state index contributed by atoms with van der Waals surface area (Å²) < 4.78 is 0. The molecule has 0 unspecified atom stereocenters. The van der Waals surface area contributed by atoms with Gasteiger partial charge in [0.1, 0.15) is 0 Å². The van der Waals surface area contributed by atoms with Gasteiger partial charge in [0.25, 0.3) is 5.91 Å². The zero-order valence-corrected chi connectivity index (χ0v) is 13.7. The minimum absolute atomic E-state index is 0.128. The van der Waals surface area contributed by atoms with Crippen LogP contribution in [0.2, 0.25) is 5.02 Å². The van der Waals surface area contributed by atoms with Crippen molar-refractivity contribution < 1.29 is 4.79 Å². The molecule has 3 nitrogen and oxygen atoms in total. The molecule has 0 aliphatic carbocycles. The van der Waals surface area contributed by atoms with Crippen LogP contribution >= 0.6 is 11.6 Å². The second kappa shape index (κ2) is 7.97. The normalized spacial score (nSPS) is 10.7. The van der Waals surface area contributed by atoms with Crippen molar-refractivity contribution in [3.8, 4) is 0 Å². The molecule has 0 saturated heterocycles. The summed E-state index contributed by atoms with van der Waals surface area (Å²) in [4.78, 5) is 14.5. The molecule has 0 saturated carbocycles. The van der Waals surface area contributed by atoms with Gasteiger partial charge in [-0.2, -0.15) is 0 Å². The van der Waals surface area contributed by atoms with Crippen LogP contribution in [-0.4, -0.2) is 23.9 Å². The van der Waals surface area contributed by atoms with Crippen molar-refractivity contribution in [2.24, 2.45) is 0 Å². The number of rotatable bonds is 6. The molecule has 116 valence electrons. The van der Waals surface area contributed by atoms with Crippen molar-refractivity contribution in [3.63, 3.8) is 0 Å². The molecule has 4 heteroatoms. The van der Waals surface area contributed by atoms with Crippen molar-refractivity contribution in [3.05, 3.63) is 64.7 Å². The van der Waals surface area contributed by atoms with E-state index in [0.29, 0.717) is 16.3 Å². The molecule has 2 aromatic rings. The van der Waals surface area contributed by atoms with Crippen LogP contribution in [0.5, 0.6) is 0 Å². The van der Waals surface area contributed by atoms with E-state index in [4.69, 9.17) is 11.6 Å². The lowest BCUT2D eigenvalue weighted by Crippen LogP contribution is -2.22. The van der Waals surface area contributed by atoms with Crippen molar-refractivity contribution in [2.45, 2.75) is 20.4 Å². The first-order chi connectivity index (χ1) is 10.6. The topological polar surface area (TPSA) is 32.3 Å². The number of benzene rings is 2. The average Bonchev–Trinajstić information content (AvgIpc) is 2.53. The van der Waals surface area contributed by atoms with Gasteiger partial charge in [0.15, 0.2) is 0 Å². The number of hydrogen-bond acceptors (Lipinski definition) is 2. The third kappa shape index (κ3) is 4.58. The molecule has 0 aliphatic heterocycles. The molecule has 0 heterocycles. The molecule has 0 aromatic heterocycles. The van der Waals surface area contributed by atoms with Crippen molar-refractivity contribution in [1.82, 2.24) is 4.90 Å². The molecule has 0 fully saturated rings. The minimum Gasteiger partial charge on any atom is -0.322 e. The van der Waals surface area contributed by atoms with Crippen molar-refractivity contribution in [1.29, 1.82) is 0 Å². The van der Waals surface area contributed by atoms with E-state index in [-0.39, 0.29) is 5.91 Å². The van der Waals surface area contributed by atoms with E-state index in [1.807, 2.05) is 36.4 Å². The van der Waals surface area contributed by atoms with Crippen LogP contribution in [0.25, 0.3) is 0 Å². The summed E-state index contributed by atoms with van der Waals surface area (Å²) in [6, 6.07) is 14.9. The van der Waals surface area contributed by atoms with Gasteiger partial charge in [-0.25, -0.2) is 0 Å². The second-order valence-electron chi connectivity index (χ2n) is 5.12. The Bertz CT molecular complexity index is 621. The van der Waals surface area contributed by atoms with Crippen LogP contribution in [0.1, 0.15) is 29.8 Å². The fourth-order valence-electron chi connectivity index (χ4n) is 2.24. The zero-order chi connectivity index (χ0) is 15.9. The molecule has 0 aliphatic rings. The molecule has 0 spiro atoms. The first-order valence-electron chi connectivity index (χ1n) is 7.50. The lowest BCUT2D eigenvalue weighted by Gasteiger charge is -2.18. The molecule has 0 radical (unpaired) electrons. The standard InChI is InChI=1S/C18H21ClN2O/c1-3-21(4-2)13-14-8-10-15(11-9-14)18(22)20-17-7-5-6-16(19)12-17/h5-12H,3-4,13H2,1-2H3,(H,20,22). The van der Waals surface area contributed by atoms with Gasteiger partial charge in [0.05, 0.1) is 0 Å². The van der Waals surface area contributed by atoms with Gasteiger partial charge in [-0.15, -0.1) is 0 Å². The third-order valence-electron chi connectivity index (χ3n) is 3.60. The number of amides is 1. The molecule has 22 heavy (non-hydrogen) atoms. The maximum Gasteiger partial charge on any atom is 0.255 e. The predicted octanol–water partition coefficient (Wildman–Crippen LogP) is 4.43. The van der Waals surface area contributed by atoms with E-state index >= 15 is 0 Å². The Morgan fingerprint density at radius 2 is 1.77 bits per heavy atom. The van der Waals surface area contributed by atoms with Gasteiger partial charge in [-0.3, -0.25) is 9.69 Å². The van der Waals surface area contributed by atoms with E-state index < -0.39 is 0 Å². The highest BCUT2D eigenvalue weighted by molar-refractivity contribution is 6.30. The summed E-state index contributed by atoms with van der Waals surface area (Å²) in [7, 11) is 0. The van der Waals surface area contributed by atoms with Crippen LogP contribution in [0.3, 0.4) is 0 Å². The van der Waals surface area contributed by atoms with E-state index in [0.717, 1.165) is 19.6 Å². The lowest BCUT2D eigenvalue weighted by atomic mass is 10.1. The van der Waals surface area contributed by atoms with Gasteiger partial charge < -0.3 is 5.32 Å². The Morgan fingerprint density at radius 3 is 2.36 bits per heavy atom. The predicted molar refractivity (Wildman–Crippen MR) is 92.5 cm³/mol. The number of anilines is 1. The zero-order valence-electron chi connectivity index (χ0n) is 13.0. The Hall–Kier alpha value is -1.84. The summed E-state index contributed by atoms with van der Waals surface area (Å²) in [5, 5.41) is 3.45. The Balaban J connectivity index is 2.02. The highest BCUT2D eigenvalue weighted by Crippen LogP contribution is 2.16. The van der Waals surface area contributed by atoms with Crippen LogP contribution < -0.4 is 5.32 Å². The maximum atomic E-state index is 12.2. The molecular weight excluding hydrogens is 296 g/mol. The Morgan fingerprint density at radius 1 is 1.09 bits per heavy atom. The van der Waals surface area contributed by atoms with E-state index in [2.05, 4.69) is 24.1 Å². The molecule has 0 bridgehead atoms. The minimum atomic E-state index is -0.128. The number of halogens is 1. The number of carbonyl (C=O) groups excluding carboxylic acids is 1. The lowest BCUT2D eigenvalue weighted by molar-refractivity contribution is 0.102. The van der Waals surface area contributed by atoms with Crippen LogP contribution in [0.15, 0.2) is 48.5 Å². The van der Waals surface area contributed by atoms with Gasteiger partial charge in [0.2, 0.25) is 0 Å². The molecule has 0 atom stereocenters. The average molecular weight is 317 g/mol. The number of nitrogens with one attached hydrogen (secondary N) is 1. The highest BCUT2D eigenvalue weighted by Gasteiger charge is 2.07. The van der Waals surface area contributed by atoms with E-state index in [9.17, 15) is 4.79 Å². The van der Waals surface area contributed by atoms with Gasteiger partial charge >= 0.3 is 0 Å². The van der Waals surface area contributed by atoms with Gasteiger partial charge in [0, 0.05) is 22.8 Å².